The Bertz CT molecular complexity index is 1580. The fraction of sp³-hybridized carbons (Fsp3) is 0.500. The molecular formula is C28H34B2F3NO9S. The van der Waals surface area contributed by atoms with E-state index in [1.807, 2.05) is 0 Å². The smallest absolute Gasteiger partial charge is 0.480 e. The number of hydrogen-bond donors (Lipinski definition) is 2. The molecule has 0 aromatic heterocycles. The van der Waals surface area contributed by atoms with E-state index in [1.165, 1.54) is 6.07 Å². The van der Waals surface area contributed by atoms with E-state index in [0.29, 0.717) is 6.07 Å². The number of carbonyl (C=O) groups is 2. The standard InChI is InChI=1S/C28H34B2F3NO9S/c1-24(2)25(3,4)41-29(40-24)18-9-16(23(37)34-15-22(35)36)10-20(13-18)44(38,39)21-12-17(28(31,32)33)11-19(14-21)30-42-26(5,6)27(7,8)43-30/h9-14H,15H2,1-8H3,(H,34,37)(H,35,36). The third-order valence-corrected chi connectivity index (χ3v) is 10.2. The van der Waals surface area contributed by atoms with Crippen LogP contribution in [-0.2, 0) is 39.4 Å². The molecule has 2 aromatic rings. The van der Waals surface area contributed by atoms with Gasteiger partial charge in [0.1, 0.15) is 6.54 Å². The van der Waals surface area contributed by atoms with Gasteiger partial charge in [-0.3, -0.25) is 9.59 Å². The number of benzene rings is 2. The molecule has 0 spiro atoms. The number of carboxylic acid groups (broad SMARTS) is 1. The maximum atomic E-state index is 14.1. The normalized spacial score (nSPS) is 20.5. The zero-order chi connectivity index (χ0) is 33.3. The molecule has 2 aliphatic heterocycles. The number of aliphatic carboxylic acids is 1. The average molecular weight is 639 g/mol. The Morgan fingerprint density at radius 1 is 0.750 bits per heavy atom. The maximum absolute atomic E-state index is 14.1. The Kier molecular flexibility index (Phi) is 8.39. The molecule has 44 heavy (non-hydrogen) atoms. The minimum Gasteiger partial charge on any atom is -0.480 e. The molecule has 16 heteroatoms. The maximum Gasteiger partial charge on any atom is 0.494 e. The van der Waals surface area contributed by atoms with E-state index < -0.39 is 86.4 Å². The van der Waals surface area contributed by atoms with Crippen molar-refractivity contribution in [2.45, 2.75) is 93.8 Å². The molecule has 2 heterocycles. The number of amides is 1. The highest BCUT2D eigenvalue weighted by molar-refractivity contribution is 7.91. The summed E-state index contributed by atoms with van der Waals surface area (Å²) in [7, 11) is -7.20. The number of halogens is 3. The van der Waals surface area contributed by atoms with Gasteiger partial charge in [0, 0.05) is 5.56 Å². The van der Waals surface area contributed by atoms with Crippen molar-refractivity contribution >= 4 is 46.9 Å². The Morgan fingerprint density at radius 2 is 1.16 bits per heavy atom. The predicted molar refractivity (Wildman–Crippen MR) is 155 cm³/mol. The number of carboxylic acids is 1. The molecule has 0 radical (unpaired) electrons. The monoisotopic (exact) mass is 639 g/mol. The molecular weight excluding hydrogens is 605 g/mol. The van der Waals surface area contributed by atoms with Crippen molar-refractivity contribution in [3.05, 3.63) is 47.5 Å². The minimum atomic E-state index is -4.92. The average Bonchev–Trinajstić information content (AvgIpc) is 3.25. The van der Waals surface area contributed by atoms with Crippen LogP contribution in [0.2, 0.25) is 0 Å². The molecule has 238 valence electrons. The predicted octanol–water partition coefficient (Wildman–Crippen LogP) is 2.95. The van der Waals surface area contributed by atoms with Crippen molar-refractivity contribution in [2.24, 2.45) is 0 Å². The topological polar surface area (TPSA) is 137 Å². The highest BCUT2D eigenvalue weighted by atomic mass is 32.2. The van der Waals surface area contributed by atoms with Crippen LogP contribution >= 0.6 is 0 Å². The van der Waals surface area contributed by atoms with E-state index in [4.69, 9.17) is 23.7 Å². The van der Waals surface area contributed by atoms with Crippen molar-refractivity contribution in [3.63, 3.8) is 0 Å². The summed E-state index contributed by atoms with van der Waals surface area (Å²) < 4.78 is 94.1. The number of rotatable bonds is 7. The van der Waals surface area contributed by atoms with Gasteiger partial charge in [0.2, 0.25) is 9.84 Å². The van der Waals surface area contributed by atoms with Gasteiger partial charge in [-0.15, -0.1) is 0 Å². The van der Waals surface area contributed by atoms with E-state index in [9.17, 15) is 31.2 Å². The molecule has 2 saturated heterocycles. The first-order valence-corrected chi connectivity index (χ1v) is 15.2. The minimum absolute atomic E-state index is 0.0864. The molecule has 0 aliphatic carbocycles. The molecule has 2 N–H and O–H groups in total. The number of alkyl halides is 3. The van der Waals surface area contributed by atoms with Crippen molar-refractivity contribution in [1.29, 1.82) is 0 Å². The molecule has 2 aliphatic rings. The van der Waals surface area contributed by atoms with Crippen LogP contribution in [0, 0.1) is 0 Å². The highest BCUT2D eigenvalue weighted by Gasteiger charge is 2.53. The number of sulfone groups is 1. The highest BCUT2D eigenvalue weighted by Crippen LogP contribution is 2.39. The van der Waals surface area contributed by atoms with Crippen LogP contribution in [0.3, 0.4) is 0 Å². The summed E-state index contributed by atoms with van der Waals surface area (Å²) in [4.78, 5) is 22.7. The van der Waals surface area contributed by atoms with E-state index >= 15 is 0 Å². The van der Waals surface area contributed by atoms with Gasteiger partial charge in [-0.25, -0.2) is 8.42 Å². The van der Waals surface area contributed by atoms with Crippen molar-refractivity contribution in [2.75, 3.05) is 6.54 Å². The van der Waals surface area contributed by atoms with Crippen LogP contribution in [-0.4, -0.2) is 68.6 Å². The fourth-order valence-corrected chi connectivity index (χ4v) is 5.89. The van der Waals surface area contributed by atoms with Gasteiger partial charge in [-0.2, -0.15) is 13.2 Å². The molecule has 2 fully saturated rings. The Morgan fingerprint density at radius 3 is 1.57 bits per heavy atom. The van der Waals surface area contributed by atoms with Gasteiger partial charge < -0.3 is 29.0 Å². The van der Waals surface area contributed by atoms with Gasteiger partial charge in [-0.05, 0) is 96.6 Å². The fourth-order valence-electron chi connectivity index (χ4n) is 4.47. The van der Waals surface area contributed by atoms with Crippen LogP contribution in [0.15, 0.2) is 46.2 Å². The van der Waals surface area contributed by atoms with Crippen molar-refractivity contribution < 1.29 is 54.9 Å². The molecule has 0 bridgehead atoms. The summed E-state index contributed by atoms with van der Waals surface area (Å²) in [5.74, 6) is -2.27. The zero-order valence-electron chi connectivity index (χ0n) is 25.6. The number of carbonyl (C=O) groups excluding carboxylic acids is 1. The Hall–Kier alpha value is -2.91. The first kappa shape index (κ1) is 34.0. The van der Waals surface area contributed by atoms with Gasteiger partial charge in [-0.1, -0.05) is 6.07 Å². The first-order valence-electron chi connectivity index (χ1n) is 13.7. The summed E-state index contributed by atoms with van der Waals surface area (Å²) in [6, 6.07) is 5.69. The lowest BCUT2D eigenvalue weighted by molar-refractivity contribution is -0.138. The van der Waals surface area contributed by atoms with E-state index in [-0.39, 0.29) is 16.5 Å². The second-order valence-corrected chi connectivity index (χ2v) is 14.8. The van der Waals surface area contributed by atoms with Crippen molar-refractivity contribution in [3.8, 4) is 0 Å². The quantitative estimate of drug-likeness (QED) is 0.439. The van der Waals surface area contributed by atoms with Gasteiger partial charge >= 0.3 is 26.4 Å². The van der Waals surface area contributed by atoms with Gasteiger partial charge in [0.05, 0.1) is 37.8 Å². The summed E-state index contributed by atoms with van der Waals surface area (Å²) >= 11 is 0. The molecule has 1 amide bonds. The summed E-state index contributed by atoms with van der Waals surface area (Å²) in [6.07, 6.45) is -4.92. The third-order valence-electron chi connectivity index (χ3n) is 8.52. The SMILES string of the molecule is CC1(C)OB(c2cc(C(=O)NCC(=O)O)cc(S(=O)(=O)c3cc(B4OC(C)(C)C(C)(C)O4)cc(C(F)(F)F)c3)c2)OC1(C)C. The van der Waals surface area contributed by atoms with Gasteiger partial charge in [0.15, 0.2) is 0 Å². The lowest BCUT2D eigenvalue weighted by Gasteiger charge is -2.32. The van der Waals surface area contributed by atoms with Crippen molar-refractivity contribution in [1.82, 2.24) is 5.32 Å². The van der Waals surface area contributed by atoms with Crippen LogP contribution in [0.4, 0.5) is 13.2 Å². The molecule has 0 saturated carbocycles. The Labute approximate surface area is 254 Å². The van der Waals surface area contributed by atoms with Crippen LogP contribution < -0.4 is 16.2 Å². The van der Waals surface area contributed by atoms with E-state index in [1.54, 1.807) is 55.4 Å². The van der Waals surface area contributed by atoms with E-state index in [0.717, 1.165) is 24.3 Å². The second-order valence-electron chi connectivity index (χ2n) is 12.8. The number of hydrogen-bond acceptors (Lipinski definition) is 8. The lowest BCUT2D eigenvalue weighted by Crippen LogP contribution is -2.41. The molecule has 0 unspecified atom stereocenters. The van der Waals surface area contributed by atoms with E-state index in [2.05, 4.69) is 5.32 Å². The zero-order valence-corrected chi connectivity index (χ0v) is 26.4. The Balaban J connectivity index is 1.87. The second kappa shape index (κ2) is 10.9. The first-order chi connectivity index (χ1) is 19.9. The molecule has 4 rings (SSSR count). The van der Waals surface area contributed by atoms with Crippen LogP contribution in [0.25, 0.3) is 0 Å². The lowest BCUT2D eigenvalue weighted by atomic mass is 9.78. The largest absolute Gasteiger partial charge is 0.494 e. The molecule has 2 aromatic carbocycles. The number of nitrogens with one attached hydrogen (secondary N) is 1. The molecule has 0 atom stereocenters. The third kappa shape index (κ3) is 6.41. The summed E-state index contributed by atoms with van der Waals surface area (Å²) in [5.41, 5.74) is -5.13. The van der Waals surface area contributed by atoms with Crippen LogP contribution in [0.1, 0.15) is 71.3 Å². The summed E-state index contributed by atoms with van der Waals surface area (Å²) in [5, 5.41) is 11.2. The molecule has 10 nitrogen and oxygen atoms in total. The summed E-state index contributed by atoms with van der Waals surface area (Å²) in [6.45, 7) is 13.1. The van der Waals surface area contributed by atoms with Gasteiger partial charge in [0.25, 0.3) is 5.91 Å². The van der Waals surface area contributed by atoms with Crippen LogP contribution in [0.5, 0.6) is 0 Å².